The molecule has 14 heavy (non-hydrogen) atoms. The van der Waals surface area contributed by atoms with E-state index in [1.807, 2.05) is 0 Å². The Balaban J connectivity index is 3.07. The highest BCUT2D eigenvalue weighted by atomic mass is 30.2. The lowest BCUT2D eigenvalue weighted by atomic mass is 11.9. The molecular formula is C8H24Si6. The Bertz CT molecular complexity index is 192. The van der Waals surface area contributed by atoms with Gasteiger partial charge in [-0.3, -0.25) is 0 Å². The summed E-state index contributed by atoms with van der Waals surface area (Å²) in [6.45, 7) is 21.7. The lowest BCUT2D eigenvalue weighted by Gasteiger charge is -2.56. The summed E-state index contributed by atoms with van der Waals surface area (Å²) in [7, 11) is -0.135. The van der Waals surface area contributed by atoms with Crippen LogP contribution in [-0.4, -0.2) is 45.5 Å². The maximum Gasteiger partial charge on any atom is 0.0244 e. The maximum atomic E-state index is 2.71. The van der Waals surface area contributed by atoms with E-state index in [2.05, 4.69) is 52.4 Å². The first-order chi connectivity index (χ1) is 5.91. The molecule has 0 bridgehead atoms. The van der Waals surface area contributed by atoms with Crippen molar-refractivity contribution < 1.29 is 0 Å². The van der Waals surface area contributed by atoms with Gasteiger partial charge in [-0.15, -0.1) is 0 Å². The van der Waals surface area contributed by atoms with Crippen molar-refractivity contribution >= 4 is 45.5 Å². The summed E-state index contributed by atoms with van der Waals surface area (Å²) in [5.41, 5.74) is 0. The molecule has 0 aromatic carbocycles. The summed E-state index contributed by atoms with van der Waals surface area (Å²) >= 11 is 0. The molecule has 0 aliphatic carbocycles. The molecule has 0 unspecified atom stereocenters. The van der Waals surface area contributed by atoms with Gasteiger partial charge < -0.3 is 0 Å². The summed E-state index contributed by atoms with van der Waals surface area (Å²) in [6.07, 6.45) is 0. The van der Waals surface area contributed by atoms with Crippen molar-refractivity contribution in [1.29, 1.82) is 0 Å². The Morgan fingerprint density at radius 3 is 0.714 bits per heavy atom. The normalized spacial score (nSPS) is 32.6. The van der Waals surface area contributed by atoms with Crippen molar-refractivity contribution in [3.63, 3.8) is 0 Å². The highest BCUT2D eigenvalue weighted by molar-refractivity contribution is 8.02. The summed E-state index contributed by atoms with van der Waals surface area (Å²) in [6, 6.07) is 0. The molecule has 0 aromatic rings. The summed E-state index contributed by atoms with van der Waals surface area (Å²) < 4.78 is 0. The summed E-state index contributed by atoms with van der Waals surface area (Å²) in [4.78, 5) is 0. The van der Waals surface area contributed by atoms with Crippen molar-refractivity contribution in [3.8, 4) is 0 Å². The summed E-state index contributed by atoms with van der Waals surface area (Å²) in [5.74, 6) is 0. The van der Waals surface area contributed by atoms with Gasteiger partial charge in [-0.2, -0.15) is 0 Å². The van der Waals surface area contributed by atoms with Crippen molar-refractivity contribution in [2.24, 2.45) is 0 Å². The number of hydrogen-bond donors (Lipinski definition) is 0. The molecule has 1 aliphatic heterocycles. The van der Waals surface area contributed by atoms with Crippen LogP contribution in [0.25, 0.3) is 0 Å². The predicted octanol–water partition coefficient (Wildman–Crippen LogP) is 2.39. The first kappa shape index (κ1) is 13.4. The van der Waals surface area contributed by atoms with Crippen molar-refractivity contribution in [2.45, 2.75) is 52.4 Å². The molecule has 0 N–H and O–H groups in total. The van der Waals surface area contributed by atoms with E-state index in [4.69, 9.17) is 0 Å². The Morgan fingerprint density at radius 2 is 0.571 bits per heavy atom. The molecule has 0 nitrogen and oxygen atoms in total. The van der Waals surface area contributed by atoms with Gasteiger partial charge in [-0.05, 0) is 0 Å². The largest absolute Gasteiger partial charge is 0.0739 e. The fourth-order valence-corrected chi connectivity index (χ4v) is 154. The first-order valence-corrected chi connectivity index (χ1v) is 25.5. The van der Waals surface area contributed by atoms with Crippen LogP contribution in [0.15, 0.2) is 0 Å². The van der Waals surface area contributed by atoms with Crippen LogP contribution in [0.1, 0.15) is 0 Å². The SMILES string of the molecule is C[Si]1(C)[Si][Si](C)(C)[Si](C)(C)[Si][Si]1(C)C. The van der Waals surface area contributed by atoms with Crippen LogP contribution < -0.4 is 0 Å². The molecule has 1 heterocycles. The van der Waals surface area contributed by atoms with E-state index in [9.17, 15) is 0 Å². The third-order valence-electron chi connectivity index (χ3n) is 4.38. The van der Waals surface area contributed by atoms with Crippen LogP contribution in [0.4, 0.5) is 0 Å². The lowest BCUT2D eigenvalue weighted by Crippen LogP contribution is -2.84. The Morgan fingerprint density at radius 1 is 0.429 bits per heavy atom. The minimum atomic E-state index is -0.767. The van der Waals surface area contributed by atoms with Gasteiger partial charge in [0.25, 0.3) is 0 Å². The number of rotatable bonds is 0. The molecule has 0 aromatic heterocycles. The second-order valence-electron chi connectivity index (χ2n) is 6.75. The van der Waals surface area contributed by atoms with E-state index in [-0.39, 0.29) is 0 Å². The fraction of sp³-hybridized carbons (Fsp3) is 1.00. The monoisotopic (exact) mass is 288 g/mol. The van der Waals surface area contributed by atoms with Crippen molar-refractivity contribution in [3.05, 3.63) is 0 Å². The van der Waals surface area contributed by atoms with Gasteiger partial charge in [0.2, 0.25) is 0 Å². The highest BCUT2D eigenvalue weighted by Crippen LogP contribution is 2.32. The molecule has 1 fully saturated rings. The zero-order chi connectivity index (χ0) is 11.4. The van der Waals surface area contributed by atoms with E-state index in [0.29, 0.717) is 0 Å². The van der Waals surface area contributed by atoms with Crippen molar-refractivity contribution in [2.75, 3.05) is 0 Å². The maximum absolute atomic E-state index is 2.71. The molecule has 6 heteroatoms. The Kier molecular flexibility index (Phi) is 3.24. The standard InChI is InChI=1S/C8H24Si6/c1-11(2)9-13(5,6)14(7,8)10-12(11,3)4/h1-8H3. The highest BCUT2D eigenvalue weighted by Gasteiger charge is 2.57. The van der Waals surface area contributed by atoms with Crippen LogP contribution in [0.2, 0.25) is 52.4 Å². The Labute approximate surface area is 97.7 Å². The predicted molar refractivity (Wildman–Crippen MR) is 81.4 cm³/mol. The van der Waals surface area contributed by atoms with Crippen LogP contribution in [0, 0.1) is 0 Å². The van der Waals surface area contributed by atoms with Crippen LogP contribution >= 0.6 is 0 Å². The first-order valence-electron chi connectivity index (χ1n) is 5.50. The average molecular weight is 289 g/mol. The molecule has 80 valence electrons. The van der Waals surface area contributed by atoms with E-state index < -0.39 is 28.4 Å². The lowest BCUT2D eigenvalue weighted by molar-refractivity contribution is 1.86. The third-order valence-corrected chi connectivity index (χ3v) is 102. The van der Waals surface area contributed by atoms with E-state index in [1.165, 1.54) is 17.1 Å². The van der Waals surface area contributed by atoms with Crippen LogP contribution in [-0.2, 0) is 0 Å². The molecule has 0 saturated carbocycles. The Hall–Kier alpha value is 1.30. The average Bonchev–Trinajstić information content (AvgIpc) is 1.78. The zero-order valence-corrected chi connectivity index (χ0v) is 17.0. The van der Waals surface area contributed by atoms with Gasteiger partial charge in [0.15, 0.2) is 0 Å². The fourth-order valence-electron chi connectivity index (χ4n) is 2.19. The number of hydrogen-bond acceptors (Lipinski definition) is 0. The molecule has 4 radical (unpaired) electrons. The molecule has 0 spiro atoms. The van der Waals surface area contributed by atoms with Gasteiger partial charge in [-0.1, -0.05) is 52.4 Å². The zero-order valence-electron chi connectivity index (χ0n) is 11.0. The minimum absolute atomic E-state index is 0.767. The van der Waals surface area contributed by atoms with Gasteiger partial charge >= 0.3 is 0 Å². The van der Waals surface area contributed by atoms with E-state index >= 15 is 0 Å². The van der Waals surface area contributed by atoms with E-state index in [1.54, 1.807) is 0 Å². The molecule has 1 saturated heterocycles. The van der Waals surface area contributed by atoms with Gasteiger partial charge in [0.05, 0.1) is 0 Å². The molecule has 0 amide bonds. The minimum Gasteiger partial charge on any atom is -0.0739 e. The van der Waals surface area contributed by atoms with Gasteiger partial charge in [-0.25, -0.2) is 0 Å². The second-order valence-corrected chi connectivity index (χ2v) is 62.2. The van der Waals surface area contributed by atoms with Crippen LogP contribution in [0.3, 0.4) is 0 Å². The third kappa shape index (κ3) is 2.05. The van der Waals surface area contributed by atoms with Crippen LogP contribution in [0.5, 0.6) is 0 Å². The van der Waals surface area contributed by atoms with Gasteiger partial charge in [0, 0.05) is 45.5 Å². The van der Waals surface area contributed by atoms with E-state index in [0.717, 1.165) is 0 Å². The smallest absolute Gasteiger partial charge is 0.0244 e. The molecule has 0 atom stereocenters. The molecule has 1 rings (SSSR count). The quantitative estimate of drug-likeness (QED) is 0.601. The van der Waals surface area contributed by atoms with Gasteiger partial charge in [0.1, 0.15) is 0 Å². The van der Waals surface area contributed by atoms with Crippen molar-refractivity contribution in [1.82, 2.24) is 0 Å². The molecule has 1 aliphatic rings. The molecular weight excluding hydrogens is 265 g/mol. The second kappa shape index (κ2) is 3.39. The summed E-state index contributed by atoms with van der Waals surface area (Å²) in [5, 5.41) is 0. The topological polar surface area (TPSA) is 0 Å².